The maximum absolute atomic E-state index is 11.0. The highest BCUT2D eigenvalue weighted by Gasteiger charge is 2.33. The first-order valence-electron chi connectivity index (χ1n) is 7.15. The number of carbonyl (C=O) groups excluding carboxylic acids is 1. The molecule has 0 amide bonds. The van der Waals surface area contributed by atoms with Crippen LogP contribution in [-0.4, -0.2) is 41.3 Å². The van der Waals surface area contributed by atoms with E-state index in [2.05, 4.69) is 36.1 Å². The van der Waals surface area contributed by atoms with E-state index >= 15 is 0 Å². The molecular weight excluding hydrogens is 254 g/mol. The van der Waals surface area contributed by atoms with Crippen molar-refractivity contribution in [3.05, 3.63) is 35.4 Å². The smallest absolute Gasteiger partial charge is 0.302 e. The number of hydrogen-bond acceptors (Lipinski definition) is 4. The fourth-order valence-electron chi connectivity index (χ4n) is 2.77. The molecule has 2 rings (SSSR count). The van der Waals surface area contributed by atoms with E-state index in [-0.39, 0.29) is 24.7 Å². The Labute approximate surface area is 120 Å². The molecule has 0 bridgehead atoms. The minimum absolute atomic E-state index is 0.155. The van der Waals surface area contributed by atoms with Crippen LogP contribution in [0.1, 0.15) is 30.9 Å². The van der Waals surface area contributed by atoms with E-state index in [9.17, 15) is 9.90 Å². The van der Waals surface area contributed by atoms with E-state index in [0.29, 0.717) is 6.61 Å². The fourth-order valence-corrected chi connectivity index (χ4v) is 2.77. The maximum atomic E-state index is 11.0. The minimum Gasteiger partial charge on any atom is -0.464 e. The zero-order chi connectivity index (χ0) is 14.5. The number of carbonyl (C=O) groups is 1. The second-order valence-electron chi connectivity index (χ2n) is 5.53. The van der Waals surface area contributed by atoms with Gasteiger partial charge in [-0.25, -0.2) is 0 Å². The van der Waals surface area contributed by atoms with Crippen molar-refractivity contribution in [3.63, 3.8) is 0 Å². The molecule has 4 nitrogen and oxygen atoms in total. The van der Waals surface area contributed by atoms with Crippen molar-refractivity contribution in [1.82, 2.24) is 4.90 Å². The third-order valence-electron chi connectivity index (χ3n) is 3.95. The lowest BCUT2D eigenvalue weighted by atomic mass is 10.1. The lowest BCUT2D eigenvalue weighted by Crippen LogP contribution is -2.40. The topological polar surface area (TPSA) is 49.8 Å². The van der Waals surface area contributed by atoms with Crippen molar-refractivity contribution < 1.29 is 14.6 Å². The fraction of sp³-hybridized carbons (Fsp3) is 0.562. The molecule has 4 heteroatoms. The third-order valence-corrected chi connectivity index (χ3v) is 3.95. The van der Waals surface area contributed by atoms with E-state index in [1.165, 1.54) is 18.1 Å². The van der Waals surface area contributed by atoms with Crippen molar-refractivity contribution in [2.24, 2.45) is 0 Å². The van der Waals surface area contributed by atoms with Gasteiger partial charge in [-0.05, 0) is 25.3 Å². The van der Waals surface area contributed by atoms with Gasteiger partial charge in [0, 0.05) is 25.6 Å². The Morgan fingerprint density at radius 3 is 2.55 bits per heavy atom. The third kappa shape index (κ3) is 3.81. The van der Waals surface area contributed by atoms with Crippen molar-refractivity contribution in [1.29, 1.82) is 0 Å². The highest BCUT2D eigenvalue weighted by Crippen LogP contribution is 2.26. The summed E-state index contributed by atoms with van der Waals surface area (Å²) < 4.78 is 5.14. The first-order chi connectivity index (χ1) is 9.60. The Hall–Kier alpha value is -1.39. The zero-order valence-electron chi connectivity index (χ0n) is 12.2. The molecule has 0 spiro atoms. The molecule has 110 valence electrons. The number of likely N-dealkylation sites (tertiary alicyclic amines) is 1. The van der Waals surface area contributed by atoms with Gasteiger partial charge in [-0.1, -0.05) is 29.8 Å². The number of hydrogen-bond donors (Lipinski definition) is 1. The molecule has 0 radical (unpaired) electrons. The summed E-state index contributed by atoms with van der Waals surface area (Å²) in [5.41, 5.74) is 2.47. The van der Waals surface area contributed by atoms with Crippen molar-refractivity contribution >= 4 is 5.97 Å². The molecule has 1 aliphatic heterocycles. The second kappa shape index (κ2) is 6.86. The van der Waals surface area contributed by atoms with Crippen LogP contribution in [0.15, 0.2) is 24.3 Å². The first kappa shape index (κ1) is 15.0. The van der Waals surface area contributed by atoms with Crippen LogP contribution in [-0.2, 0) is 16.1 Å². The van der Waals surface area contributed by atoms with Crippen molar-refractivity contribution in [2.45, 2.75) is 45.3 Å². The van der Waals surface area contributed by atoms with Crippen LogP contribution in [0.3, 0.4) is 0 Å². The van der Waals surface area contributed by atoms with Crippen molar-refractivity contribution in [2.75, 3.05) is 13.2 Å². The van der Waals surface area contributed by atoms with Crippen LogP contribution in [0.25, 0.3) is 0 Å². The lowest BCUT2D eigenvalue weighted by molar-refractivity contribution is -0.142. The summed E-state index contributed by atoms with van der Waals surface area (Å²) in [6, 6.07) is 8.80. The van der Waals surface area contributed by atoms with Crippen LogP contribution in [0.5, 0.6) is 0 Å². The summed E-state index contributed by atoms with van der Waals surface area (Å²) in [5, 5.41) is 9.50. The molecule has 2 atom stereocenters. The molecule has 1 fully saturated rings. The Bertz CT molecular complexity index is 444. The van der Waals surface area contributed by atoms with E-state index in [1.54, 1.807) is 0 Å². The molecular formula is C16H23NO3. The SMILES string of the molecule is CC(=O)OCC1CCC(CO)N1Cc1ccc(C)cc1. The molecule has 0 aromatic heterocycles. The highest BCUT2D eigenvalue weighted by atomic mass is 16.5. The lowest BCUT2D eigenvalue weighted by Gasteiger charge is -2.29. The number of aliphatic hydroxyl groups is 1. The van der Waals surface area contributed by atoms with Crippen LogP contribution >= 0.6 is 0 Å². The van der Waals surface area contributed by atoms with Gasteiger partial charge in [0.15, 0.2) is 0 Å². The van der Waals surface area contributed by atoms with Crippen LogP contribution in [0.4, 0.5) is 0 Å². The Balaban J connectivity index is 2.03. The van der Waals surface area contributed by atoms with Crippen LogP contribution in [0, 0.1) is 6.92 Å². The van der Waals surface area contributed by atoms with Gasteiger partial charge in [-0.2, -0.15) is 0 Å². The molecule has 1 N–H and O–H groups in total. The van der Waals surface area contributed by atoms with E-state index in [4.69, 9.17) is 4.74 Å². The zero-order valence-corrected chi connectivity index (χ0v) is 12.2. The Morgan fingerprint density at radius 1 is 1.30 bits per heavy atom. The minimum atomic E-state index is -0.243. The highest BCUT2D eigenvalue weighted by molar-refractivity contribution is 5.65. The predicted octanol–water partition coefficient (Wildman–Crippen LogP) is 1.88. The van der Waals surface area contributed by atoms with Gasteiger partial charge in [0.2, 0.25) is 0 Å². The monoisotopic (exact) mass is 277 g/mol. The molecule has 1 aromatic carbocycles. The number of aryl methyl sites for hydroxylation is 1. The number of nitrogens with zero attached hydrogens (tertiary/aromatic N) is 1. The average Bonchev–Trinajstić information content (AvgIpc) is 2.81. The molecule has 20 heavy (non-hydrogen) atoms. The molecule has 1 saturated heterocycles. The Morgan fingerprint density at radius 2 is 1.95 bits per heavy atom. The van der Waals surface area contributed by atoms with Crippen LogP contribution < -0.4 is 0 Å². The summed E-state index contributed by atoms with van der Waals surface area (Å²) in [5.74, 6) is -0.243. The number of benzene rings is 1. The number of esters is 1. The molecule has 1 aliphatic rings. The van der Waals surface area contributed by atoms with Gasteiger partial charge in [-0.15, -0.1) is 0 Å². The predicted molar refractivity (Wildman–Crippen MR) is 77.3 cm³/mol. The van der Waals surface area contributed by atoms with Crippen LogP contribution in [0.2, 0.25) is 0 Å². The summed E-state index contributed by atoms with van der Waals surface area (Å²) in [6.45, 7) is 4.86. The van der Waals surface area contributed by atoms with Gasteiger partial charge in [0.05, 0.1) is 6.61 Å². The molecule has 1 aromatic rings. The summed E-state index contributed by atoms with van der Waals surface area (Å²) >= 11 is 0. The van der Waals surface area contributed by atoms with Gasteiger partial charge < -0.3 is 9.84 Å². The molecule has 2 unspecified atom stereocenters. The Kier molecular flexibility index (Phi) is 5.15. The summed E-state index contributed by atoms with van der Waals surface area (Å²) in [7, 11) is 0. The molecule has 0 aliphatic carbocycles. The molecule has 0 saturated carbocycles. The number of rotatable bonds is 5. The van der Waals surface area contributed by atoms with Gasteiger partial charge in [-0.3, -0.25) is 9.69 Å². The second-order valence-corrected chi connectivity index (χ2v) is 5.53. The first-order valence-corrected chi connectivity index (χ1v) is 7.15. The average molecular weight is 277 g/mol. The van der Waals surface area contributed by atoms with E-state index in [0.717, 1.165) is 19.4 Å². The maximum Gasteiger partial charge on any atom is 0.302 e. The normalized spacial score (nSPS) is 22.9. The number of ether oxygens (including phenoxy) is 1. The summed E-state index contributed by atoms with van der Waals surface area (Å²) in [4.78, 5) is 13.2. The standard InChI is InChI=1S/C16H23NO3/c1-12-3-5-14(6-4-12)9-17-15(10-18)7-8-16(17)11-20-13(2)19/h3-6,15-16,18H,7-11H2,1-2H3. The van der Waals surface area contributed by atoms with E-state index in [1.807, 2.05) is 0 Å². The van der Waals surface area contributed by atoms with Crippen molar-refractivity contribution in [3.8, 4) is 0 Å². The van der Waals surface area contributed by atoms with Gasteiger partial charge >= 0.3 is 5.97 Å². The quantitative estimate of drug-likeness (QED) is 0.835. The van der Waals surface area contributed by atoms with Gasteiger partial charge in [0.1, 0.15) is 6.61 Å². The summed E-state index contributed by atoms with van der Waals surface area (Å²) in [6.07, 6.45) is 1.92. The van der Waals surface area contributed by atoms with E-state index < -0.39 is 0 Å². The largest absolute Gasteiger partial charge is 0.464 e. The number of aliphatic hydroxyl groups excluding tert-OH is 1. The molecule has 1 heterocycles. The van der Waals surface area contributed by atoms with Gasteiger partial charge in [0.25, 0.3) is 0 Å².